The molecule has 4 atom stereocenters. The van der Waals surface area contributed by atoms with Gasteiger partial charge < -0.3 is 10.2 Å². The van der Waals surface area contributed by atoms with Crippen molar-refractivity contribution in [3.63, 3.8) is 0 Å². The lowest BCUT2D eigenvalue weighted by Crippen LogP contribution is -2.53. The van der Waals surface area contributed by atoms with Crippen molar-refractivity contribution in [2.75, 3.05) is 6.54 Å². The van der Waals surface area contributed by atoms with Crippen LogP contribution in [0.3, 0.4) is 0 Å². The molecule has 0 aliphatic heterocycles. The molecule has 0 spiro atoms. The van der Waals surface area contributed by atoms with Crippen LogP contribution in [0.4, 0.5) is 0 Å². The minimum absolute atomic E-state index is 0.0318. The van der Waals surface area contributed by atoms with E-state index in [1.165, 1.54) is 30.4 Å². The van der Waals surface area contributed by atoms with E-state index in [1.54, 1.807) is 0 Å². The number of benzene rings is 2. The maximum Gasteiger partial charge on any atom is 0.237 e. The fourth-order valence-electron chi connectivity index (χ4n) is 6.24. The first kappa shape index (κ1) is 21.1. The molecule has 0 saturated heterocycles. The first-order valence-electron chi connectivity index (χ1n) is 11.4. The number of nitrogens with zero attached hydrogens (tertiary/aromatic N) is 1. The van der Waals surface area contributed by atoms with Crippen LogP contribution < -0.4 is 5.32 Å². The van der Waals surface area contributed by atoms with Crippen molar-refractivity contribution >= 4 is 5.91 Å². The highest BCUT2D eigenvalue weighted by Gasteiger charge is 2.59. The van der Waals surface area contributed by atoms with Crippen LogP contribution in [0.25, 0.3) is 0 Å². The molecule has 0 radical (unpaired) electrons. The van der Waals surface area contributed by atoms with Gasteiger partial charge in [0.05, 0.1) is 12.6 Å². The maximum absolute atomic E-state index is 13.5. The highest BCUT2D eigenvalue weighted by Crippen LogP contribution is 2.62. The molecule has 2 saturated carbocycles. The van der Waals surface area contributed by atoms with Gasteiger partial charge in [0.15, 0.2) is 0 Å². The summed E-state index contributed by atoms with van der Waals surface area (Å²) in [5, 5.41) is 3.72. The van der Waals surface area contributed by atoms with E-state index in [2.05, 4.69) is 57.3 Å². The molecule has 1 N–H and O–H groups in total. The molecule has 3 unspecified atom stereocenters. The predicted octanol–water partition coefficient (Wildman–Crippen LogP) is 5.58. The van der Waals surface area contributed by atoms with Gasteiger partial charge in [-0.1, -0.05) is 81.4 Å². The van der Waals surface area contributed by atoms with Crippen molar-refractivity contribution in [2.45, 2.75) is 65.6 Å². The Morgan fingerprint density at radius 3 is 2.30 bits per heavy atom. The average Bonchev–Trinajstić information content (AvgIpc) is 3.23. The van der Waals surface area contributed by atoms with E-state index in [-0.39, 0.29) is 17.4 Å². The SMILES string of the molecule is C[C@@H](c1ccccc1)N(Cc1ccccc1)C(=O)CNC1C2(C)CCC(C2)C1(C)C. The van der Waals surface area contributed by atoms with Crippen LogP contribution in [0.1, 0.15) is 64.1 Å². The highest BCUT2D eigenvalue weighted by atomic mass is 16.2. The molecule has 30 heavy (non-hydrogen) atoms. The van der Waals surface area contributed by atoms with Crippen LogP contribution in [0.2, 0.25) is 0 Å². The summed E-state index contributed by atoms with van der Waals surface area (Å²) in [7, 11) is 0. The van der Waals surface area contributed by atoms with Gasteiger partial charge in [-0.25, -0.2) is 0 Å². The number of nitrogens with one attached hydrogen (secondary N) is 1. The van der Waals surface area contributed by atoms with E-state index >= 15 is 0 Å². The Labute approximate surface area is 181 Å². The fourth-order valence-corrected chi connectivity index (χ4v) is 6.24. The van der Waals surface area contributed by atoms with Crippen LogP contribution in [0.5, 0.6) is 0 Å². The smallest absolute Gasteiger partial charge is 0.237 e. The van der Waals surface area contributed by atoms with Crippen molar-refractivity contribution in [1.82, 2.24) is 10.2 Å². The second-order valence-corrected chi connectivity index (χ2v) is 10.3. The van der Waals surface area contributed by atoms with Crippen molar-refractivity contribution in [2.24, 2.45) is 16.7 Å². The van der Waals surface area contributed by atoms with E-state index in [0.717, 1.165) is 5.92 Å². The highest BCUT2D eigenvalue weighted by molar-refractivity contribution is 5.79. The number of carbonyl (C=O) groups is 1. The minimum atomic E-state index is 0.0318. The molecule has 0 heterocycles. The van der Waals surface area contributed by atoms with Crippen molar-refractivity contribution in [3.8, 4) is 0 Å². The molecule has 4 rings (SSSR count). The first-order valence-corrected chi connectivity index (χ1v) is 11.4. The topological polar surface area (TPSA) is 32.3 Å². The Morgan fingerprint density at radius 2 is 1.70 bits per heavy atom. The molecule has 0 aromatic heterocycles. The van der Waals surface area contributed by atoms with Crippen LogP contribution in [-0.4, -0.2) is 23.4 Å². The molecule has 1 amide bonds. The number of hydrogen-bond acceptors (Lipinski definition) is 2. The molecular formula is C27H36N2O. The lowest BCUT2D eigenvalue weighted by atomic mass is 9.68. The molecule has 2 fully saturated rings. The lowest BCUT2D eigenvalue weighted by molar-refractivity contribution is -0.133. The van der Waals surface area contributed by atoms with E-state index < -0.39 is 0 Å². The zero-order valence-electron chi connectivity index (χ0n) is 18.9. The number of fused-ring (bicyclic) bond motifs is 2. The Kier molecular flexibility index (Phi) is 5.76. The zero-order valence-corrected chi connectivity index (χ0v) is 18.9. The molecule has 2 aliphatic carbocycles. The fraction of sp³-hybridized carbons (Fsp3) is 0.519. The molecule has 2 aromatic rings. The van der Waals surface area contributed by atoms with Gasteiger partial charge in [0.25, 0.3) is 0 Å². The molecule has 2 aromatic carbocycles. The third kappa shape index (κ3) is 3.92. The zero-order chi connectivity index (χ0) is 21.4. The van der Waals surface area contributed by atoms with Gasteiger partial charge in [-0.15, -0.1) is 0 Å². The van der Waals surface area contributed by atoms with Crippen LogP contribution in [-0.2, 0) is 11.3 Å². The Hall–Kier alpha value is -2.13. The molecule has 2 aliphatic rings. The van der Waals surface area contributed by atoms with Gasteiger partial charge in [-0.3, -0.25) is 4.79 Å². The average molecular weight is 405 g/mol. The summed E-state index contributed by atoms with van der Waals surface area (Å²) in [4.78, 5) is 15.5. The van der Waals surface area contributed by atoms with Crippen LogP contribution in [0, 0.1) is 16.7 Å². The van der Waals surface area contributed by atoms with E-state index in [9.17, 15) is 4.79 Å². The maximum atomic E-state index is 13.5. The molecule has 2 bridgehead atoms. The number of hydrogen-bond donors (Lipinski definition) is 1. The van der Waals surface area contributed by atoms with Gasteiger partial charge in [0.2, 0.25) is 5.91 Å². The molecular weight excluding hydrogens is 368 g/mol. The Balaban J connectivity index is 1.51. The Bertz CT molecular complexity index is 858. The summed E-state index contributed by atoms with van der Waals surface area (Å²) in [5.74, 6) is 0.955. The number of rotatable bonds is 7. The van der Waals surface area contributed by atoms with Crippen LogP contribution >= 0.6 is 0 Å². The van der Waals surface area contributed by atoms with Gasteiger partial charge in [-0.05, 0) is 54.1 Å². The van der Waals surface area contributed by atoms with Gasteiger partial charge in [0.1, 0.15) is 0 Å². The third-order valence-electron chi connectivity index (χ3n) is 7.99. The second kappa shape index (κ2) is 8.19. The van der Waals surface area contributed by atoms with Crippen molar-refractivity contribution < 1.29 is 4.79 Å². The number of amides is 1. The second-order valence-electron chi connectivity index (χ2n) is 10.3. The lowest BCUT2D eigenvalue weighted by Gasteiger charge is -2.43. The molecule has 160 valence electrons. The van der Waals surface area contributed by atoms with E-state index in [4.69, 9.17) is 0 Å². The summed E-state index contributed by atoms with van der Waals surface area (Å²) in [6, 6.07) is 21.1. The molecule has 3 nitrogen and oxygen atoms in total. The first-order chi connectivity index (χ1) is 14.3. The van der Waals surface area contributed by atoms with Gasteiger partial charge in [0, 0.05) is 12.6 Å². The number of carbonyl (C=O) groups excluding carboxylic acids is 1. The normalized spacial score (nSPS) is 27.7. The van der Waals surface area contributed by atoms with E-state index in [0.29, 0.717) is 24.5 Å². The predicted molar refractivity (Wildman–Crippen MR) is 123 cm³/mol. The summed E-state index contributed by atoms with van der Waals surface area (Å²) < 4.78 is 0. The Morgan fingerprint density at radius 1 is 1.07 bits per heavy atom. The van der Waals surface area contributed by atoms with Crippen molar-refractivity contribution in [3.05, 3.63) is 71.8 Å². The monoisotopic (exact) mass is 404 g/mol. The summed E-state index contributed by atoms with van der Waals surface area (Å²) in [5.41, 5.74) is 2.92. The van der Waals surface area contributed by atoms with Gasteiger partial charge >= 0.3 is 0 Å². The van der Waals surface area contributed by atoms with Crippen molar-refractivity contribution in [1.29, 1.82) is 0 Å². The van der Waals surface area contributed by atoms with Crippen LogP contribution in [0.15, 0.2) is 60.7 Å². The summed E-state index contributed by atoms with van der Waals surface area (Å²) in [6.45, 7) is 10.4. The largest absolute Gasteiger partial charge is 0.331 e. The van der Waals surface area contributed by atoms with Gasteiger partial charge in [-0.2, -0.15) is 0 Å². The molecule has 3 heteroatoms. The van der Waals surface area contributed by atoms with E-state index in [1.807, 2.05) is 41.3 Å². The minimum Gasteiger partial charge on any atom is -0.331 e. The summed E-state index contributed by atoms with van der Waals surface area (Å²) >= 11 is 0. The third-order valence-corrected chi connectivity index (χ3v) is 7.99. The quantitative estimate of drug-likeness (QED) is 0.653. The standard InChI is InChI=1S/C27H36N2O/c1-20(22-13-9-6-10-14-22)29(19-21-11-7-5-8-12-21)24(30)18-28-25-26(2,3)23-15-16-27(25,4)17-23/h5-14,20,23,25,28H,15-19H2,1-4H3/t20-,23?,25?,27?/m0/s1. The summed E-state index contributed by atoms with van der Waals surface area (Å²) in [6.07, 6.45) is 3.90.